The molecule has 4 rings (SSSR count). The Morgan fingerprint density at radius 2 is 1.73 bits per heavy atom. The van der Waals surface area contributed by atoms with Crippen molar-refractivity contribution in [2.45, 2.75) is 26.9 Å². The molecule has 6 heteroatoms. The molecule has 1 fully saturated rings. The molecule has 2 aromatic carbocycles. The second-order valence-corrected chi connectivity index (χ2v) is 8.87. The van der Waals surface area contributed by atoms with Crippen molar-refractivity contribution in [1.29, 1.82) is 0 Å². The molecule has 1 saturated heterocycles. The van der Waals surface area contributed by atoms with Crippen molar-refractivity contribution in [2.75, 3.05) is 31.1 Å². The molecule has 2 aliphatic rings. The van der Waals surface area contributed by atoms with E-state index in [2.05, 4.69) is 46.0 Å². The Bertz CT molecular complexity index is 974. The van der Waals surface area contributed by atoms with Crippen molar-refractivity contribution in [1.82, 2.24) is 4.90 Å². The third-order valence-corrected chi connectivity index (χ3v) is 6.12. The van der Waals surface area contributed by atoms with Crippen LogP contribution in [0.4, 0.5) is 5.69 Å². The van der Waals surface area contributed by atoms with Gasteiger partial charge in [-0.05, 0) is 74.0 Å². The average Bonchev–Trinajstić information content (AvgIpc) is 3.09. The lowest BCUT2D eigenvalue weighted by Crippen LogP contribution is -2.47. The Kier molecular flexibility index (Phi) is 6.13. The molecule has 0 radical (unpaired) electrons. The maximum absolute atomic E-state index is 12.4. The molecule has 0 unspecified atom stereocenters. The minimum Gasteiger partial charge on any atom is -0.491 e. The first-order valence-corrected chi connectivity index (χ1v) is 11.2. The molecule has 0 bridgehead atoms. The lowest BCUT2D eigenvalue weighted by molar-refractivity contribution is -0.113. The van der Waals surface area contributed by atoms with Gasteiger partial charge in [-0.3, -0.25) is 4.79 Å². The third kappa shape index (κ3) is 4.87. The van der Waals surface area contributed by atoms with Crippen LogP contribution in [-0.4, -0.2) is 48.3 Å². The van der Waals surface area contributed by atoms with Crippen molar-refractivity contribution in [3.8, 4) is 5.75 Å². The Labute approximate surface area is 182 Å². The fourth-order valence-electron chi connectivity index (χ4n) is 3.58. The molecule has 1 amide bonds. The zero-order valence-electron chi connectivity index (χ0n) is 17.7. The summed E-state index contributed by atoms with van der Waals surface area (Å²) in [5.41, 5.74) is 3.51. The van der Waals surface area contributed by atoms with Crippen LogP contribution in [-0.2, 0) is 4.79 Å². The van der Waals surface area contributed by atoms with Crippen LogP contribution >= 0.6 is 11.8 Å². The molecule has 0 saturated carbocycles. The summed E-state index contributed by atoms with van der Waals surface area (Å²) < 4.78 is 5.68. The van der Waals surface area contributed by atoms with Gasteiger partial charge in [0.2, 0.25) is 0 Å². The number of benzene rings is 2. The van der Waals surface area contributed by atoms with E-state index >= 15 is 0 Å². The zero-order chi connectivity index (χ0) is 21.1. The van der Waals surface area contributed by atoms with E-state index in [1.807, 2.05) is 44.2 Å². The van der Waals surface area contributed by atoms with Gasteiger partial charge in [0.25, 0.3) is 5.91 Å². The van der Waals surface area contributed by atoms with Crippen molar-refractivity contribution in [2.24, 2.45) is 4.99 Å². The molecular formula is C24H27N3O2S. The lowest BCUT2D eigenvalue weighted by Gasteiger charge is -2.36. The molecule has 2 aromatic rings. The largest absolute Gasteiger partial charge is 0.491 e. The molecule has 156 valence electrons. The fraction of sp³-hybridized carbons (Fsp3) is 0.333. The highest BCUT2D eigenvalue weighted by atomic mass is 32.2. The van der Waals surface area contributed by atoms with E-state index in [9.17, 15) is 4.79 Å². The van der Waals surface area contributed by atoms with Gasteiger partial charge in [0.05, 0.1) is 11.0 Å². The molecular weight excluding hydrogens is 394 g/mol. The molecule has 2 aliphatic heterocycles. The molecule has 0 aromatic heterocycles. The predicted molar refractivity (Wildman–Crippen MR) is 125 cm³/mol. The highest BCUT2D eigenvalue weighted by Gasteiger charge is 2.28. The minimum absolute atomic E-state index is 0.142. The third-order valence-electron chi connectivity index (χ3n) is 5.08. The van der Waals surface area contributed by atoms with E-state index in [0.717, 1.165) is 42.7 Å². The summed E-state index contributed by atoms with van der Waals surface area (Å²) in [6, 6.07) is 16.4. The maximum Gasteiger partial charge on any atom is 0.286 e. The first kappa shape index (κ1) is 20.5. The number of anilines is 1. The first-order chi connectivity index (χ1) is 14.5. The summed E-state index contributed by atoms with van der Waals surface area (Å²) in [4.78, 5) is 22.0. The Morgan fingerprint density at radius 1 is 1.03 bits per heavy atom. The van der Waals surface area contributed by atoms with Gasteiger partial charge in [-0.25, -0.2) is 0 Å². The van der Waals surface area contributed by atoms with Crippen LogP contribution in [0, 0.1) is 6.92 Å². The molecule has 5 nitrogen and oxygen atoms in total. The zero-order valence-corrected chi connectivity index (χ0v) is 18.5. The summed E-state index contributed by atoms with van der Waals surface area (Å²) in [6.07, 6.45) is 2.05. The second-order valence-electron chi connectivity index (χ2n) is 7.86. The number of carbonyl (C=O) groups excluding carboxylic acids is 1. The lowest BCUT2D eigenvalue weighted by atomic mass is 10.2. The normalized spacial score (nSPS) is 18.3. The van der Waals surface area contributed by atoms with Gasteiger partial charge >= 0.3 is 0 Å². The molecule has 2 heterocycles. The van der Waals surface area contributed by atoms with E-state index in [4.69, 9.17) is 4.74 Å². The van der Waals surface area contributed by atoms with Crippen molar-refractivity contribution in [3.63, 3.8) is 0 Å². The number of carbonyl (C=O) groups is 1. The highest BCUT2D eigenvalue weighted by molar-refractivity contribution is 8.18. The number of piperazine rings is 1. The van der Waals surface area contributed by atoms with Crippen LogP contribution in [0.15, 0.2) is 58.4 Å². The number of amides is 1. The summed E-state index contributed by atoms with van der Waals surface area (Å²) in [5, 5.41) is 0.815. The Balaban J connectivity index is 1.36. The SMILES string of the molecule is Cc1cccc(N2CCN(C3=NC(=O)C(=Cc4ccc(OC(C)C)cc4)S3)CC2)c1. The Hall–Kier alpha value is -2.73. The summed E-state index contributed by atoms with van der Waals surface area (Å²) in [7, 11) is 0. The van der Waals surface area contributed by atoms with Crippen LogP contribution in [0.3, 0.4) is 0 Å². The maximum atomic E-state index is 12.4. The van der Waals surface area contributed by atoms with Crippen molar-refractivity contribution >= 4 is 34.6 Å². The predicted octanol–water partition coefficient (Wildman–Crippen LogP) is 4.57. The van der Waals surface area contributed by atoms with Gasteiger partial charge < -0.3 is 14.5 Å². The topological polar surface area (TPSA) is 45.1 Å². The molecule has 30 heavy (non-hydrogen) atoms. The van der Waals surface area contributed by atoms with Crippen LogP contribution < -0.4 is 9.64 Å². The quantitative estimate of drug-likeness (QED) is 0.677. The number of aliphatic imine (C=N–C) groups is 1. The van der Waals surface area contributed by atoms with Gasteiger partial charge in [-0.2, -0.15) is 4.99 Å². The van der Waals surface area contributed by atoms with E-state index in [1.165, 1.54) is 23.0 Å². The molecule has 0 N–H and O–H groups in total. The van der Waals surface area contributed by atoms with Crippen molar-refractivity contribution < 1.29 is 9.53 Å². The second kappa shape index (κ2) is 8.96. The van der Waals surface area contributed by atoms with Gasteiger partial charge in [-0.15, -0.1) is 0 Å². The fourth-order valence-corrected chi connectivity index (χ4v) is 4.54. The van der Waals surface area contributed by atoms with E-state index < -0.39 is 0 Å². The molecule has 0 spiro atoms. The Morgan fingerprint density at radius 3 is 2.40 bits per heavy atom. The van der Waals surface area contributed by atoms with Crippen LogP contribution in [0.5, 0.6) is 5.75 Å². The van der Waals surface area contributed by atoms with Gasteiger partial charge in [0.1, 0.15) is 5.75 Å². The summed E-state index contributed by atoms with van der Waals surface area (Å²) in [6.45, 7) is 9.70. The van der Waals surface area contributed by atoms with Gasteiger partial charge in [0, 0.05) is 31.9 Å². The number of hydrogen-bond acceptors (Lipinski definition) is 5. The number of hydrogen-bond donors (Lipinski definition) is 0. The minimum atomic E-state index is -0.154. The van der Waals surface area contributed by atoms with Crippen LogP contribution in [0.1, 0.15) is 25.0 Å². The van der Waals surface area contributed by atoms with Crippen molar-refractivity contribution in [3.05, 3.63) is 64.6 Å². The summed E-state index contributed by atoms with van der Waals surface area (Å²) >= 11 is 1.47. The number of nitrogens with zero attached hydrogens (tertiary/aromatic N) is 3. The molecule has 0 atom stereocenters. The standard InChI is InChI=1S/C24H27N3O2S/c1-17(2)29-21-9-7-19(8-10-21)16-22-23(28)25-24(30-22)27-13-11-26(12-14-27)20-6-4-5-18(3)15-20/h4-10,15-17H,11-14H2,1-3H3. The monoisotopic (exact) mass is 421 g/mol. The first-order valence-electron chi connectivity index (χ1n) is 10.3. The number of thioether (sulfide) groups is 1. The number of aryl methyl sites for hydroxylation is 1. The van der Waals surface area contributed by atoms with E-state index in [1.54, 1.807) is 0 Å². The smallest absolute Gasteiger partial charge is 0.286 e. The molecule has 0 aliphatic carbocycles. The van der Waals surface area contributed by atoms with E-state index in [0.29, 0.717) is 4.91 Å². The van der Waals surface area contributed by atoms with Crippen LogP contribution in [0.25, 0.3) is 6.08 Å². The van der Waals surface area contributed by atoms with Crippen LogP contribution in [0.2, 0.25) is 0 Å². The van der Waals surface area contributed by atoms with E-state index in [-0.39, 0.29) is 12.0 Å². The number of amidine groups is 1. The van der Waals surface area contributed by atoms with Gasteiger partial charge in [0.15, 0.2) is 5.17 Å². The van der Waals surface area contributed by atoms with Gasteiger partial charge in [-0.1, -0.05) is 24.3 Å². The summed E-state index contributed by atoms with van der Waals surface area (Å²) in [5.74, 6) is 0.680. The highest BCUT2D eigenvalue weighted by Crippen LogP contribution is 2.31. The number of ether oxygens (including phenoxy) is 1. The number of rotatable bonds is 4. The average molecular weight is 422 g/mol.